The second-order valence-corrected chi connectivity index (χ2v) is 98.2. The van der Waals surface area contributed by atoms with Gasteiger partial charge in [-0.2, -0.15) is 0 Å². The number of hydrogen-bond donors (Lipinski definition) is 0. The van der Waals surface area contributed by atoms with Crippen molar-refractivity contribution in [3.63, 3.8) is 0 Å². The van der Waals surface area contributed by atoms with Crippen LogP contribution < -0.4 is 22.9 Å². The quantitative estimate of drug-likeness (QED) is 0.0281. The van der Waals surface area contributed by atoms with Gasteiger partial charge in [0.15, 0.2) is 0 Å². The van der Waals surface area contributed by atoms with E-state index in [0.29, 0.717) is 11.8 Å². The minimum atomic E-state index is -2.63. The summed E-state index contributed by atoms with van der Waals surface area (Å²) in [6.07, 6.45) is 78.8. The van der Waals surface area contributed by atoms with Gasteiger partial charge < -0.3 is 0 Å². The molecule has 140 heavy (non-hydrogen) atoms. The van der Waals surface area contributed by atoms with Gasteiger partial charge >= 0.3 is 812 Å². The molecular formula is C128H226O3S6Sn3. The molecule has 9 heterocycles. The molecule has 9 rings (SSSR count). The van der Waals surface area contributed by atoms with Crippen molar-refractivity contribution in [2.45, 2.75) is 609 Å². The Morgan fingerprint density at radius 3 is 0.636 bits per heavy atom. The monoisotopic (exact) mass is 2360 g/mol. The number of fused-ring (bicyclic) bond motifs is 9. The molecule has 5 unspecified atom stereocenters. The molecule has 6 aromatic heterocycles. The van der Waals surface area contributed by atoms with Crippen molar-refractivity contribution in [3.8, 4) is 46.5 Å². The van der Waals surface area contributed by atoms with E-state index in [4.69, 9.17) is 14.2 Å². The van der Waals surface area contributed by atoms with Crippen molar-refractivity contribution in [2.24, 2.45) is 47.3 Å². The summed E-state index contributed by atoms with van der Waals surface area (Å²) < 4.78 is 41.9. The average Bonchev–Trinajstić information content (AvgIpc) is 1.59. The molecule has 6 aromatic rings. The molecule has 0 radical (unpaired) electrons. The van der Waals surface area contributed by atoms with Crippen LogP contribution in [0, 0.1) is 68.1 Å². The van der Waals surface area contributed by atoms with E-state index in [2.05, 4.69) is 250 Å². The van der Waals surface area contributed by atoms with Gasteiger partial charge in [-0.15, -0.1) is 0 Å². The Hall–Kier alpha value is -0.00390. The van der Waals surface area contributed by atoms with Crippen LogP contribution in [0.5, 0.6) is 17.2 Å². The van der Waals surface area contributed by atoms with E-state index in [0.717, 1.165) is 48.3 Å². The number of rotatable bonds is 78. The summed E-state index contributed by atoms with van der Waals surface area (Å²) in [5.41, 5.74) is 4.42. The third kappa shape index (κ3) is 40.8. The fraction of sp³-hybridized carbons (Fsp3) is 0.812. The topological polar surface area (TPSA) is 27.7 Å². The second-order valence-electron chi connectivity index (χ2n) is 48.8. The van der Waals surface area contributed by atoms with Crippen molar-refractivity contribution < 1.29 is 14.2 Å². The van der Waals surface area contributed by atoms with Gasteiger partial charge in [-0.1, -0.05) is 92.9 Å². The fourth-order valence-corrected chi connectivity index (χ4v) is 88.5. The summed E-state index contributed by atoms with van der Waals surface area (Å²) in [7, 11) is 0. The van der Waals surface area contributed by atoms with Crippen LogP contribution in [0.2, 0.25) is 39.9 Å². The molecule has 804 valence electrons. The zero-order chi connectivity index (χ0) is 102. The molecule has 5 atom stereocenters. The van der Waals surface area contributed by atoms with Gasteiger partial charge in [0.1, 0.15) is 0 Å². The van der Waals surface area contributed by atoms with E-state index >= 15 is 0 Å². The molecule has 12 heteroatoms. The predicted molar refractivity (Wildman–Crippen MR) is 650 cm³/mol. The van der Waals surface area contributed by atoms with E-state index < -0.39 is 55.1 Å². The van der Waals surface area contributed by atoms with Crippen LogP contribution in [0.3, 0.4) is 0 Å². The van der Waals surface area contributed by atoms with Crippen LogP contribution in [-0.4, -0.2) is 55.1 Å². The summed E-state index contributed by atoms with van der Waals surface area (Å²) in [5, 5.41) is 0. The number of ether oxygens (including phenoxy) is 3. The smallest absolute Gasteiger partial charge is 0.0628 e. The van der Waals surface area contributed by atoms with Crippen LogP contribution in [0.25, 0.3) is 29.3 Å². The molecule has 3 nitrogen and oxygen atoms in total. The molecule has 0 fully saturated rings. The number of unbranched alkanes of at least 4 members (excludes halogenated alkanes) is 25. The number of aryl methyl sites for hydroxylation is 3. The van der Waals surface area contributed by atoms with E-state index in [1.165, 1.54) is 406 Å². The van der Waals surface area contributed by atoms with Crippen molar-refractivity contribution in [3.05, 3.63) is 67.7 Å². The standard InChI is InChI=1S/C40H67OS2.C32H51OS2.C20H27OS2.9C4H9.3Sn/c1-29(2)14-10-16-31(5)18-12-20-33(7)22-25-40(26-23-34(8)21-13-19-32(6)17-11-15-30(3)4)36-24-27-42-38(36)39-37(41-40)28-35(9)43-39;1-4-6-8-10-12-14-15-17-19-21-24-32(23-20-18-16-13-11-9-7-5-2)28-22-25-34-30(28)31-29(33-32)26-27(3)35-31;1-13(2)6-9-20(10-7-14(3)4)16-8-11-22-18(16)19-17(21-20)12-15(5)23-19;9*1-3-4-2;;;/h24,28-34H,10-23,25-26H2,1-9H3;22,26H,4-21,23-24H2,1-3H3;8,12-14H,6-7,9-10H2,1-5H3;9*1,3-4H2,2H3;;;. The van der Waals surface area contributed by atoms with Crippen LogP contribution in [0.1, 0.15) is 563 Å². The number of hydrogen-bond acceptors (Lipinski definition) is 9. The minimum Gasteiger partial charge on any atom is -0.0628 e. The van der Waals surface area contributed by atoms with E-state index in [9.17, 15) is 0 Å². The van der Waals surface area contributed by atoms with Crippen LogP contribution in [0.4, 0.5) is 0 Å². The van der Waals surface area contributed by atoms with Crippen molar-refractivity contribution >= 4 is 132 Å². The maximum absolute atomic E-state index is 7.59. The van der Waals surface area contributed by atoms with Gasteiger partial charge in [0.25, 0.3) is 0 Å². The summed E-state index contributed by atoms with van der Waals surface area (Å²) in [5.74, 6) is 9.93. The molecule has 0 bridgehead atoms. The summed E-state index contributed by atoms with van der Waals surface area (Å²) >= 11 is 5.10. The summed E-state index contributed by atoms with van der Waals surface area (Å²) in [6.45, 7) is 62.4. The molecule has 0 amide bonds. The first kappa shape index (κ1) is 127. The van der Waals surface area contributed by atoms with Crippen LogP contribution in [0.15, 0.2) is 36.4 Å². The first-order valence-corrected chi connectivity index (χ1v) is 88.6. The van der Waals surface area contributed by atoms with Crippen molar-refractivity contribution in [1.82, 2.24) is 0 Å². The van der Waals surface area contributed by atoms with Crippen LogP contribution >= 0.6 is 68.0 Å². The Bertz CT molecular complexity index is 4070. The van der Waals surface area contributed by atoms with Gasteiger partial charge in [0, 0.05) is 0 Å². The van der Waals surface area contributed by atoms with Crippen molar-refractivity contribution in [1.29, 1.82) is 0 Å². The minimum absolute atomic E-state index is 0.120. The third-order valence-corrected chi connectivity index (χ3v) is 95.4. The molecule has 0 spiro atoms. The number of thiophene rings is 6. The predicted octanol–water partition coefficient (Wildman–Crippen LogP) is 46.1. The van der Waals surface area contributed by atoms with E-state index in [-0.39, 0.29) is 16.8 Å². The maximum atomic E-state index is 7.59. The molecule has 3 aliphatic rings. The molecule has 0 saturated carbocycles. The van der Waals surface area contributed by atoms with Crippen LogP contribution in [-0.2, 0) is 16.8 Å². The van der Waals surface area contributed by atoms with Gasteiger partial charge in [-0.25, -0.2) is 0 Å². The molecule has 0 saturated heterocycles. The Balaban J connectivity index is 0.000000292. The summed E-state index contributed by atoms with van der Waals surface area (Å²) in [6, 6.07) is 15.6. The van der Waals surface area contributed by atoms with Gasteiger partial charge in [0.2, 0.25) is 0 Å². The molecule has 0 aliphatic carbocycles. The molecule has 0 aromatic carbocycles. The zero-order valence-electron chi connectivity index (χ0n) is 97.1. The Morgan fingerprint density at radius 2 is 0.407 bits per heavy atom. The first-order chi connectivity index (χ1) is 67.5. The van der Waals surface area contributed by atoms with E-state index in [1.807, 2.05) is 42.7 Å². The Kier molecular flexibility index (Phi) is 62.5. The first-order valence-electron chi connectivity index (χ1n) is 61.3. The van der Waals surface area contributed by atoms with E-state index in [1.54, 1.807) is 71.3 Å². The average molecular weight is 2360 g/mol. The molecule has 3 aliphatic heterocycles. The third-order valence-electron chi connectivity index (χ3n) is 33.8. The Morgan fingerprint density at radius 1 is 0.207 bits per heavy atom. The van der Waals surface area contributed by atoms with Crippen molar-refractivity contribution in [2.75, 3.05) is 0 Å². The molecule has 0 N–H and O–H groups in total. The Labute approximate surface area is 907 Å². The molecular weight excluding hydrogens is 2130 g/mol. The zero-order valence-corrected chi connectivity index (χ0v) is 111. The second kappa shape index (κ2) is 68.9. The van der Waals surface area contributed by atoms with Gasteiger partial charge in [0.05, 0.1) is 0 Å². The summed E-state index contributed by atoms with van der Waals surface area (Å²) in [4.78, 5) is 13.5. The SMILES string of the molecule is CCCCCCCCCCCCC1(CCCCCCCCCC)Oc2cc(C)sc2-c2s[c]([Sn]([CH2]CCC)([CH2]CCC)[CH2]CCC)cc21.CCC[CH2][Sn]([CH2]CCC)([CH2]CCC)[c]1cc2c(s1)-c1sc(C)cc1OC2(CCC(C)C)CCC(C)C.CCC[CH2][Sn]([CH2]CCC)([CH2]CCC)[c]1cc2c(s1)-c1sc(C)cc1OC2(CCC(C)CCCC(C)CCCC(C)C)CCC(C)CCCC(C)CCCC(C)C. The normalized spacial score (nSPS) is 16.4. The fourth-order valence-electron chi connectivity index (χ4n) is 24.2. The van der Waals surface area contributed by atoms with Gasteiger partial charge in [-0.05, 0) is 11.8 Å². The van der Waals surface area contributed by atoms with Gasteiger partial charge in [-0.3, -0.25) is 0 Å².